The molecule has 0 aliphatic heterocycles. The van der Waals surface area contributed by atoms with Crippen LogP contribution in [0.15, 0.2) is 0 Å². The molecular formula is C22H48NO3+. The Kier molecular flexibility index (Phi) is 18.1. The molecule has 1 rings (SSSR count). The van der Waals surface area contributed by atoms with Gasteiger partial charge in [-0.3, -0.25) is 0 Å². The molecule has 4 nitrogen and oxygen atoms in total. The molecule has 0 bridgehead atoms. The molecule has 0 aromatic carbocycles. The quantitative estimate of drug-likeness (QED) is 0.148. The van der Waals surface area contributed by atoms with Gasteiger partial charge >= 0.3 is 0 Å². The van der Waals surface area contributed by atoms with Crippen molar-refractivity contribution >= 4 is 0 Å². The highest BCUT2D eigenvalue weighted by Crippen LogP contribution is 2.30. The van der Waals surface area contributed by atoms with Gasteiger partial charge in [0, 0.05) is 0 Å². The average molecular weight is 375 g/mol. The molecule has 4 heteroatoms. The first kappa shape index (κ1) is 25.8. The molecule has 1 fully saturated rings. The highest BCUT2D eigenvalue weighted by atomic mass is 17.4. The van der Waals surface area contributed by atoms with Gasteiger partial charge in [-0.25, -0.2) is 10.5 Å². The molecule has 0 radical (unpaired) electrons. The first-order chi connectivity index (χ1) is 12.7. The minimum absolute atomic E-state index is 0.994. The zero-order valence-electron chi connectivity index (χ0n) is 18.1. The van der Waals surface area contributed by atoms with Crippen molar-refractivity contribution in [2.45, 2.75) is 123 Å². The van der Waals surface area contributed by atoms with Gasteiger partial charge in [0.05, 0.1) is 25.7 Å². The summed E-state index contributed by atoms with van der Waals surface area (Å²) in [6, 6.07) is 0.994. The van der Waals surface area contributed by atoms with Crippen molar-refractivity contribution in [3.8, 4) is 0 Å². The summed E-state index contributed by atoms with van der Waals surface area (Å²) >= 11 is 0. The van der Waals surface area contributed by atoms with Crippen LogP contribution in [0.25, 0.3) is 0 Å². The van der Waals surface area contributed by atoms with E-state index < -0.39 is 0 Å². The molecule has 0 aromatic heterocycles. The van der Waals surface area contributed by atoms with E-state index in [1.54, 1.807) is 0 Å². The summed E-state index contributed by atoms with van der Waals surface area (Å²) in [6.45, 7) is 11.5. The predicted molar refractivity (Wildman–Crippen MR) is 111 cm³/mol. The van der Waals surface area contributed by atoms with Crippen molar-refractivity contribution in [3.05, 3.63) is 0 Å². The lowest BCUT2D eigenvalue weighted by Crippen LogP contribution is -2.57. The largest absolute Gasteiger partial charge is 0.321 e. The van der Waals surface area contributed by atoms with Crippen LogP contribution in [0.5, 0.6) is 0 Å². The van der Waals surface area contributed by atoms with Gasteiger partial charge in [0.15, 0.2) is 0 Å². The van der Waals surface area contributed by atoms with E-state index in [9.17, 15) is 0 Å². The summed E-state index contributed by atoms with van der Waals surface area (Å²) in [7, 11) is 0. The topological polar surface area (TPSA) is 49.7 Å². The summed E-state index contributed by atoms with van der Waals surface area (Å²) in [5.74, 6) is 0. The Bertz CT molecular complexity index is 275. The Morgan fingerprint density at radius 1 is 0.654 bits per heavy atom. The normalized spacial score (nSPS) is 15.6. The van der Waals surface area contributed by atoms with Crippen molar-refractivity contribution in [2.24, 2.45) is 0 Å². The van der Waals surface area contributed by atoms with Crippen molar-refractivity contribution in [2.75, 3.05) is 19.6 Å². The molecule has 26 heavy (non-hydrogen) atoms. The Hall–Kier alpha value is -0.160. The van der Waals surface area contributed by atoms with Crippen molar-refractivity contribution in [1.82, 2.24) is 0 Å². The van der Waals surface area contributed by atoms with Crippen LogP contribution >= 0.6 is 0 Å². The van der Waals surface area contributed by atoms with Crippen molar-refractivity contribution < 1.29 is 20.0 Å². The SMILES string of the molecule is CCCCCCCCCC[N+](CCC)(CCC)C1CCCCC1.OOO. The van der Waals surface area contributed by atoms with Gasteiger partial charge in [0.2, 0.25) is 0 Å². The Morgan fingerprint density at radius 3 is 1.58 bits per heavy atom. The molecule has 0 spiro atoms. The molecule has 0 heterocycles. The molecule has 0 aromatic rings. The van der Waals surface area contributed by atoms with Crippen LogP contribution in [-0.4, -0.2) is 40.7 Å². The van der Waals surface area contributed by atoms with Crippen LogP contribution in [0, 0.1) is 0 Å². The van der Waals surface area contributed by atoms with Gasteiger partial charge in [0.1, 0.15) is 0 Å². The number of hydrogen-bond donors (Lipinski definition) is 2. The van der Waals surface area contributed by atoms with Gasteiger partial charge in [0.25, 0.3) is 0 Å². The van der Waals surface area contributed by atoms with Gasteiger partial charge in [-0.05, 0) is 51.4 Å². The lowest BCUT2D eigenvalue weighted by molar-refractivity contribution is -0.952. The number of quaternary nitrogens is 1. The standard InChI is InChI=1S/C22H46N.H2O3/c1-4-7-8-9-10-11-12-16-21-23(19-5-2,20-6-3)22-17-14-13-15-18-22;1-3-2/h22H,4-21H2,1-3H3;1-2H/q+1;. The molecule has 0 saturated heterocycles. The molecule has 1 saturated carbocycles. The van der Waals surface area contributed by atoms with E-state index >= 15 is 0 Å². The fourth-order valence-corrected chi connectivity index (χ4v) is 4.96. The van der Waals surface area contributed by atoms with E-state index in [2.05, 4.69) is 25.8 Å². The number of rotatable bonds is 14. The van der Waals surface area contributed by atoms with Crippen LogP contribution in [-0.2, 0) is 5.04 Å². The van der Waals surface area contributed by atoms with Gasteiger partial charge in [-0.15, -0.1) is 0 Å². The minimum atomic E-state index is 0.994. The predicted octanol–water partition coefficient (Wildman–Crippen LogP) is 7.05. The van der Waals surface area contributed by atoms with Crippen molar-refractivity contribution in [1.29, 1.82) is 0 Å². The van der Waals surface area contributed by atoms with Gasteiger partial charge < -0.3 is 4.48 Å². The maximum Gasteiger partial charge on any atom is 0.0890 e. The molecule has 0 amide bonds. The molecular weight excluding hydrogens is 326 g/mol. The minimum Gasteiger partial charge on any atom is -0.321 e. The van der Waals surface area contributed by atoms with Gasteiger partial charge in [-0.1, -0.05) is 70.8 Å². The van der Waals surface area contributed by atoms with Gasteiger partial charge in [-0.2, -0.15) is 0 Å². The maximum absolute atomic E-state index is 6.62. The third-order valence-corrected chi connectivity index (χ3v) is 6.14. The zero-order valence-corrected chi connectivity index (χ0v) is 18.1. The van der Waals surface area contributed by atoms with E-state index in [1.165, 1.54) is 120 Å². The highest BCUT2D eigenvalue weighted by Gasteiger charge is 2.35. The number of hydrogen-bond acceptors (Lipinski definition) is 3. The highest BCUT2D eigenvalue weighted by molar-refractivity contribution is 4.68. The summed E-state index contributed by atoms with van der Waals surface area (Å²) in [5, 5.41) is 15.5. The molecule has 158 valence electrons. The lowest BCUT2D eigenvalue weighted by atomic mass is 9.91. The zero-order chi connectivity index (χ0) is 19.5. The third-order valence-electron chi connectivity index (χ3n) is 6.14. The van der Waals surface area contributed by atoms with Crippen LogP contribution in [0.3, 0.4) is 0 Å². The summed E-state index contributed by atoms with van der Waals surface area (Å²) in [4.78, 5) is 0. The number of unbranched alkanes of at least 4 members (excludes halogenated alkanes) is 7. The summed E-state index contributed by atoms with van der Waals surface area (Å²) in [6.07, 6.45) is 21.9. The van der Waals surface area contributed by atoms with Crippen LogP contribution in [0.1, 0.15) is 117 Å². The third kappa shape index (κ3) is 11.5. The second-order valence-corrected chi connectivity index (χ2v) is 8.24. The summed E-state index contributed by atoms with van der Waals surface area (Å²) < 4.78 is 1.48. The Labute approximate surface area is 163 Å². The second kappa shape index (κ2) is 18.2. The fourth-order valence-electron chi connectivity index (χ4n) is 4.96. The molecule has 2 N–H and O–H groups in total. The van der Waals surface area contributed by atoms with Crippen LogP contribution < -0.4 is 0 Å². The van der Waals surface area contributed by atoms with E-state index in [-0.39, 0.29) is 0 Å². The maximum atomic E-state index is 6.62. The van der Waals surface area contributed by atoms with E-state index in [4.69, 9.17) is 10.5 Å². The molecule has 0 atom stereocenters. The second-order valence-electron chi connectivity index (χ2n) is 8.24. The number of nitrogens with zero attached hydrogens (tertiary/aromatic N) is 1. The fraction of sp³-hybridized carbons (Fsp3) is 1.00. The first-order valence-electron chi connectivity index (χ1n) is 11.5. The van der Waals surface area contributed by atoms with Crippen LogP contribution in [0.2, 0.25) is 0 Å². The molecule has 0 unspecified atom stereocenters. The first-order valence-corrected chi connectivity index (χ1v) is 11.5. The van der Waals surface area contributed by atoms with E-state index in [0.717, 1.165) is 6.04 Å². The van der Waals surface area contributed by atoms with Crippen LogP contribution in [0.4, 0.5) is 0 Å². The Morgan fingerprint density at radius 2 is 1.12 bits per heavy atom. The molecule has 1 aliphatic rings. The van der Waals surface area contributed by atoms with E-state index in [1.807, 2.05) is 0 Å². The average Bonchev–Trinajstić information content (AvgIpc) is 2.65. The smallest absolute Gasteiger partial charge is 0.0890 e. The lowest BCUT2D eigenvalue weighted by Gasteiger charge is -2.47. The van der Waals surface area contributed by atoms with Crippen molar-refractivity contribution in [3.63, 3.8) is 0 Å². The summed E-state index contributed by atoms with van der Waals surface area (Å²) in [5.41, 5.74) is 0. The molecule has 1 aliphatic carbocycles. The Balaban J connectivity index is 0.00000194. The monoisotopic (exact) mass is 374 g/mol. The van der Waals surface area contributed by atoms with E-state index in [0.29, 0.717) is 0 Å².